The fourth-order valence-electron chi connectivity index (χ4n) is 3.17. The molecule has 1 fully saturated rings. The molecule has 0 amide bonds. The molecule has 0 aliphatic carbocycles. The van der Waals surface area contributed by atoms with Gasteiger partial charge in [0.25, 0.3) is 0 Å². The second-order valence-electron chi connectivity index (χ2n) is 7.20. The predicted octanol–water partition coefficient (Wildman–Crippen LogP) is 2.30. The van der Waals surface area contributed by atoms with Crippen molar-refractivity contribution in [2.75, 3.05) is 59.2 Å². The van der Waals surface area contributed by atoms with Crippen molar-refractivity contribution in [3.63, 3.8) is 0 Å². The van der Waals surface area contributed by atoms with Crippen molar-refractivity contribution in [1.29, 1.82) is 0 Å². The number of nitrogens with zero attached hydrogens (tertiary/aromatic N) is 2. The highest BCUT2D eigenvalue weighted by atomic mass is 16.5. The van der Waals surface area contributed by atoms with E-state index in [9.17, 15) is 0 Å². The summed E-state index contributed by atoms with van der Waals surface area (Å²) in [5, 5.41) is 6.77. The average molecular weight is 391 g/mol. The van der Waals surface area contributed by atoms with Gasteiger partial charge in [-0.3, -0.25) is 9.89 Å². The Labute approximate surface area is 170 Å². The van der Waals surface area contributed by atoms with E-state index in [1.165, 1.54) is 5.56 Å². The molecule has 158 valence electrons. The minimum Gasteiger partial charge on any atom is -0.381 e. The van der Waals surface area contributed by atoms with Gasteiger partial charge in [0.1, 0.15) is 0 Å². The molecule has 0 aromatic heterocycles. The summed E-state index contributed by atoms with van der Waals surface area (Å²) in [4.78, 5) is 7.20. The summed E-state index contributed by atoms with van der Waals surface area (Å²) in [6.45, 7) is 12.2. The van der Waals surface area contributed by atoms with Crippen LogP contribution < -0.4 is 10.6 Å². The molecule has 6 heteroatoms. The van der Waals surface area contributed by atoms with Gasteiger partial charge in [0.15, 0.2) is 5.96 Å². The molecule has 0 spiro atoms. The molecule has 28 heavy (non-hydrogen) atoms. The van der Waals surface area contributed by atoms with Gasteiger partial charge < -0.3 is 20.1 Å². The predicted molar refractivity (Wildman–Crippen MR) is 116 cm³/mol. The number of hydrogen-bond acceptors (Lipinski definition) is 4. The summed E-state index contributed by atoms with van der Waals surface area (Å²) >= 11 is 0. The Morgan fingerprint density at radius 2 is 1.93 bits per heavy atom. The Morgan fingerprint density at radius 1 is 1.14 bits per heavy atom. The van der Waals surface area contributed by atoms with E-state index in [-0.39, 0.29) is 0 Å². The monoisotopic (exact) mass is 390 g/mol. The standard InChI is InChI=1S/C22H38N4O2/c1-3-23-22(25-19-20(2)26-13-17-28-18-14-26)24-12-7-8-15-27-16-11-21-9-5-4-6-10-21/h4-6,9-10,20H,3,7-8,11-19H2,1-2H3,(H2,23,24,25). The van der Waals surface area contributed by atoms with Crippen molar-refractivity contribution >= 4 is 5.96 Å². The number of hydrogen-bond donors (Lipinski definition) is 2. The van der Waals surface area contributed by atoms with E-state index in [1.807, 2.05) is 6.07 Å². The van der Waals surface area contributed by atoms with Crippen molar-refractivity contribution in [1.82, 2.24) is 15.5 Å². The van der Waals surface area contributed by atoms with Gasteiger partial charge in [0.2, 0.25) is 0 Å². The lowest BCUT2D eigenvalue weighted by Crippen LogP contribution is -2.44. The van der Waals surface area contributed by atoms with E-state index < -0.39 is 0 Å². The van der Waals surface area contributed by atoms with Crippen LogP contribution >= 0.6 is 0 Å². The second-order valence-corrected chi connectivity index (χ2v) is 7.20. The first-order chi connectivity index (χ1) is 13.8. The number of unbranched alkanes of at least 4 members (excludes halogenated alkanes) is 1. The number of ether oxygens (including phenoxy) is 2. The first-order valence-electron chi connectivity index (χ1n) is 10.7. The van der Waals surface area contributed by atoms with Crippen molar-refractivity contribution in [3.8, 4) is 0 Å². The van der Waals surface area contributed by atoms with Crippen LogP contribution in [0.25, 0.3) is 0 Å². The summed E-state index contributed by atoms with van der Waals surface area (Å²) in [7, 11) is 0. The van der Waals surface area contributed by atoms with Crippen LogP contribution in [0, 0.1) is 0 Å². The first kappa shape index (κ1) is 22.7. The summed E-state index contributed by atoms with van der Waals surface area (Å²) in [5.41, 5.74) is 1.34. The van der Waals surface area contributed by atoms with Gasteiger partial charge in [-0.15, -0.1) is 0 Å². The van der Waals surface area contributed by atoms with E-state index in [2.05, 4.69) is 53.6 Å². The van der Waals surface area contributed by atoms with Crippen LogP contribution in [0.15, 0.2) is 35.3 Å². The van der Waals surface area contributed by atoms with Crippen molar-refractivity contribution < 1.29 is 9.47 Å². The van der Waals surface area contributed by atoms with Crippen LogP contribution in [0.3, 0.4) is 0 Å². The molecule has 1 atom stereocenters. The van der Waals surface area contributed by atoms with Gasteiger partial charge in [-0.1, -0.05) is 30.3 Å². The van der Waals surface area contributed by atoms with Crippen molar-refractivity contribution in [2.45, 2.75) is 39.2 Å². The van der Waals surface area contributed by atoms with Crippen LogP contribution in [-0.4, -0.2) is 76.1 Å². The minimum absolute atomic E-state index is 0.442. The van der Waals surface area contributed by atoms with E-state index in [0.29, 0.717) is 6.04 Å². The molecule has 0 saturated carbocycles. The zero-order valence-corrected chi connectivity index (χ0v) is 17.7. The van der Waals surface area contributed by atoms with Gasteiger partial charge in [-0.05, 0) is 38.7 Å². The molecule has 1 unspecified atom stereocenters. The lowest BCUT2D eigenvalue weighted by Gasteiger charge is -2.31. The minimum atomic E-state index is 0.442. The van der Waals surface area contributed by atoms with Gasteiger partial charge >= 0.3 is 0 Å². The molecule has 1 aromatic rings. The topological polar surface area (TPSA) is 58.1 Å². The largest absolute Gasteiger partial charge is 0.381 e. The highest BCUT2D eigenvalue weighted by Crippen LogP contribution is 2.04. The molecule has 0 radical (unpaired) electrons. The highest BCUT2D eigenvalue weighted by Gasteiger charge is 2.16. The fourth-order valence-corrected chi connectivity index (χ4v) is 3.17. The zero-order valence-electron chi connectivity index (χ0n) is 17.7. The smallest absolute Gasteiger partial charge is 0.191 e. The Balaban J connectivity index is 1.54. The third-order valence-electron chi connectivity index (χ3n) is 4.91. The summed E-state index contributed by atoms with van der Waals surface area (Å²) in [6, 6.07) is 10.9. The summed E-state index contributed by atoms with van der Waals surface area (Å²) in [6.07, 6.45) is 3.12. The number of rotatable bonds is 12. The van der Waals surface area contributed by atoms with Gasteiger partial charge in [0, 0.05) is 38.8 Å². The maximum Gasteiger partial charge on any atom is 0.191 e. The van der Waals surface area contributed by atoms with Gasteiger partial charge in [0.05, 0.1) is 26.4 Å². The Morgan fingerprint density at radius 3 is 2.68 bits per heavy atom. The first-order valence-corrected chi connectivity index (χ1v) is 10.7. The number of aliphatic imine (C=N–C) groups is 1. The zero-order chi connectivity index (χ0) is 19.9. The molecule has 2 rings (SSSR count). The molecule has 2 N–H and O–H groups in total. The Hall–Kier alpha value is -1.63. The molecule has 1 heterocycles. The lowest BCUT2D eigenvalue weighted by molar-refractivity contribution is 0.0220. The normalized spacial score (nSPS) is 16.7. The third kappa shape index (κ3) is 9.53. The number of morpholine rings is 1. The fraction of sp³-hybridized carbons (Fsp3) is 0.682. The summed E-state index contributed by atoms with van der Waals surface area (Å²) < 4.78 is 11.2. The van der Waals surface area contributed by atoms with E-state index in [4.69, 9.17) is 14.5 Å². The molecule has 1 aromatic carbocycles. The van der Waals surface area contributed by atoms with E-state index >= 15 is 0 Å². The molecule has 0 bridgehead atoms. The number of benzene rings is 1. The summed E-state index contributed by atoms with van der Waals surface area (Å²) in [5.74, 6) is 0.910. The highest BCUT2D eigenvalue weighted by molar-refractivity contribution is 5.79. The van der Waals surface area contributed by atoms with Gasteiger partial charge in [-0.25, -0.2) is 0 Å². The Bertz CT molecular complexity index is 533. The maximum absolute atomic E-state index is 5.75. The van der Waals surface area contributed by atoms with Crippen molar-refractivity contribution in [3.05, 3.63) is 35.9 Å². The molecule has 1 saturated heterocycles. The second kappa shape index (κ2) is 14.4. The van der Waals surface area contributed by atoms with Crippen LogP contribution in [0.1, 0.15) is 32.3 Å². The van der Waals surface area contributed by atoms with Gasteiger partial charge in [-0.2, -0.15) is 0 Å². The lowest BCUT2D eigenvalue weighted by atomic mass is 10.2. The van der Waals surface area contributed by atoms with Crippen LogP contribution in [-0.2, 0) is 15.9 Å². The Kier molecular flexibility index (Phi) is 11.6. The van der Waals surface area contributed by atoms with Crippen LogP contribution in [0.2, 0.25) is 0 Å². The van der Waals surface area contributed by atoms with E-state index in [0.717, 1.165) is 84.4 Å². The average Bonchev–Trinajstić information content (AvgIpc) is 2.75. The quantitative estimate of drug-likeness (QED) is 0.326. The third-order valence-corrected chi connectivity index (χ3v) is 4.91. The molecule has 1 aliphatic rings. The molecular formula is C22H38N4O2. The SMILES string of the molecule is CCNC(=NCC(C)N1CCOCC1)NCCCCOCCc1ccccc1. The van der Waals surface area contributed by atoms with Crippen molar-refractivity contribution in [2.24, 2.45) is 4.99 Å². The number of nitrogens with one attached hydrogen (secondary N) is 2. The molecule has 6 nitrogen and oxygen atoms in total. The maximum atomic E-state index is 5.75. The van der Waals surface area contributed by atoms with Crippen LogP contribution in [0.4, 0.5) is 0 Å². The number of guanidine groups is 1. The molecule has 1 aliphatic heterocycles. The molecular weight excluding hydrogens is 352 g/mol. The van der Waals surface area contributed by atoms with Crippen LogP contribution in [0.5, 0.6) is 0 Å². The van der Waals surface area contributed by atoms with E-state index in [1.54, 1.807) is 0 Å².